The molecule has 3 N–H and O–H groups in total. The Labute approximate surface area is 142 Å². The van der Waals surface area contributed by atoms with Gasteiger partial charge in [-0.3, -0.25) is 14.3 Å². The molecule has 0 saturated carbocycles. The largest absolute Gasteiger partial charge is 0.508 e. The van der Waals surface area contributed by atoms with E-state index in [9.17, 15) is 14.7 Å². The van der Waals surface area contributed by atoms with Gasteiger partial charge >= 0.3 is 5.69 Å². The van der Waals surface area contributed by atoms with Crippen molar-refractivity contribution in [1.29, 1.82) is 0 Å². The number of rotatable bonds is 5. The fourth-order valence-corrected chi connectivity index (χ4v) is 2.53. The second-order valence-electron chi connectivity index (χ2n) is 5.54. The Morgan fingerprint density at radius 3 is 2.92 bits per heavy atom. The number of aromatic nitrogens is 4. The van der Waals surface area contributed by atoms with Gasteiger partial charge in [0.05, 0.1) is 6.21 Å². The van der Waals surface area contributed by atoms with Gasteiger partial charge in [-0.05, 0) is 24.1 Å². The van der Waals surface area contributed by atoms with Gasteiger partial charge in [0.25, 0.3) is 5.56 Å². The van der Waals surface area contributed by atoms with Crippen molar-refractivity contribution < 1.29 is 5.11 Å². The van der Waals surface area contributed by atoms with E-state index in [4.69, 9.17) is 0 Å². The third-order valence-electron chi connectivity index (χ3n) is 3.70. The van der Waals surface area contributed by atoms with Crippen LogP contribution in [0.15, 0.2) is 39.0 Å². The third kappa shape index (κ3) is 3.16. The van der Waals surface area contributed by atoms with E-state index in [1.54, 1.807) is 35.9 Å². The number of nitrogens with zero attached hydrogens (tertiary/aromatic N) is 4. The normalized spacial score (nSPS) is 11.4. The van der Waals surface area contributed by atoms with Gasteiger partial charge in [0.15, 0.2) is 11.2 Å². The van der Waals surface area contributed by atoms with Crippen LogP contribution in [0.4, 0.5) is 5.95 Å². The SMILES string of the molecule is CCCn1c(N/N=C\c2cccc(O)c2)nc2c1c(=O)[nH]c(=O)n2C. The highest BCUT2D eigenvalue weighted by Crippen LogP contribution is 2.16. The van der Waals surface area contributed by atoms with Crippen molar-refractivity contribution in [2.75, 3.05) is 5.43 Å². The molecule has 0 aliphatic carbocycles. The molecule has 0 aliphatic rings. The van der Waals surface area contributed by atoms with Crippen LogP contribution in [-0.4, -0.2) is 30.4 Å². The predicted molar refractivity (Wildman–Crippen MR) is 95.2 cm³/mol. The van der Waals surface area contributed by atoms with E-state index in [0.29, 0.717) is 23.6 Å². The lowest BCUT2D eigenvalue weighted by atomic mass is 10.2. The van der Waals surface area contributed by atoms with E-state index in [1.165, 1.54) is 10.8 Å². The van der Waals surface area contributed by atoms with Gasteiger partial charge in [0, 0.05) is 13.6 Å². The van der Waals surface area contributed by atoms with Gasteiger partial charge in [0.2, 0.25) is 5.95 Å². The number of aromatic amines is 1. The summed E-state index contributed by atoms with van der Waals surface area (Å²) >= 11 is 0. The third-order valence-corrected chi connectivity index (χ3v) is 3.70. The van der Waals surface area contributed by atoms with Gasteiger partial charge in [-0.25, -0.2) is 10.2 Å². The Balaban J connectivity index is 2.02. The summed E-state index contributed by atoms with van der Waals surface area (Å²) in [5.41, 5.74) is 3.11. The molecule has 9 nitrogen and oxygen atoms in total. The first kappa shape index (κ1) is 16.5. The number of aryl methyl sites for hydroxylation is 2. The first-order chi connectivity index (χ1) is 12.0. The zero-order valence-electron chi connectivity index (χ0n) is 13.9. The van der Waals surface area contributed by atoms with E-state index in [2.05, 4.69) is 20.5 Å². The molecule has 0 amide bonds. The molecule has 0 spiro atoms. The number of nitrogens with one attached hydrogen (secondary N) is 2. The van der Waals surface area contributed by atoms with E-state index < -0.39 is 11.2 Å². The molecule has 130 valence electrons. The molecule has 3 aromatic rings. The van der Waals surface area contributed by atoms with Crippen LogP contribution in [0.2, 0.25) is 0 Å². The number of phenolic OH excluding ortho intramolecular Hbond substituents is 1. The highest BCUT2D eigenvalue weighted by Gasteiger charge is 2.16. The molecule has 2 aromatic heterocycles. The molecular formula is C16H18N6O3. The van der Waals surface area contributed by atoms with E-state index in [0.717, 1.165) is 6.42 Å². The van der Waals surface area contributed by atoms with Crippen molar-refractivity contribution in [1.82, 2.24) is 19.1 Å². The first-order valence-electron chi connectivity index (χ1n) is 7.79. The molecule has 9 heteroatoms. The average molecular weight is 342 g/mol. The minimum absolute atomic E-state index is 0.142. The summed E-state index contributed by atoms with van der Waals surface area (Å²) in [6, 6.07) is 6.62. The lowest BCUT2D eigenvalue weighted by Gasteiger charge is -2.05. The second-order valence-corrected chi connectivity index (χ2v) is 5.54. The quantitative estimate of drug-likeness (QED) is 0.472. The van der Waals surface area contributed by atoms with Crippen LogP contribution in [0.25, 0.3) is 11.2 Å². The Kier molecular flexibility index (Phi) is 4.38. The van der Waals surface area contributed by atoms with Crippen LogP contribution in [-0.2, 0) is 13.6 Å². The lowest BCUT2D eigenvalue weighted by Crippen LogP contribution is -2.29. The molecule has 25 heavy (non-hydrogen) atoms. The van der Waals surface area contributed by atoms with Gasteiger partial charge in [-0.1, -0.05) is 19.1 Å². The van der Waals surface area contributed by atoms with Crippen molar-refractivity contribution in [3.05, 3.63) is 50.7 Å². The Morgan fingerprint density at radius 2 is 2.20 bits per heavy atom. The van der Waals surface area contributed by atoms with Crippen LogP contribution in [0.1, 0.15) is 18.9 Å². The molecule has 0 atom stereocenters. The van der Waals surface area contributed by atoms with Crippen molar-refractivity contribution in [2.24, 2.45) is 12.1 Å². The summed E-state index contributed by atoms with van der Waals surface area (Å²) in [6.07, 6.45) is 2.30. The van der Waals surface area contributed by atoms with Crippen molar-refractivity contribution in [3.63, 3.8) is 0 Å². The number of hydrogen-bond donors (Lipinski definition) is 3. The number of anilines is 1. The fourth-order valence-electron chi connectivity index (χ4n) is 2.53. The minimum atomic E-state index is -0.520. The average Bonchev–Trinajstić information content (AvgIpc) is 2.93. The molecule has 1 aromatic carbocycles. The highest BCUT2D eigenvalue weighted by molar-refractivity contribution is 5.81. The van der Waals surface area contributed by atoms with Gasteiger partial charge in [-0.2, -0.15) is 10.1 Å². The van der Waals surface area contributed by atoms with E-state index in [-0.39, 0.29) is 11.4 Å². The fraction of sp³-hybridized carbons (Fsp3) is 0.250. The van der Waals surface area contributed by atoms with Crippen LogP contribution in [0.5, 0.6) is 5.75 Å². The van der Waals surface area contributed by atoms with Crippen LogP contribution < -0.4 is 16.7 Å². The van der Waals surface area contributed by atoms with E-state index in [1.807, 2.05) is 6.92 Å². The zero-order chi connectivity index (χ0) is 18.0. The smallest absolute Gasteiger partial charge is 0.329 e. The molecule has 0 saturated heterocycles. The maximum atomic E-state index is 12.2. The van der Waals surface area contributed by atoms with Gasteiger partial charge in [0.1, 0.15) is 5.75 Å². The van der Waals surface area contributed by atoms with E-state index >= 15 is 0 Å². The standard InChI is InChI=1S/C16H18N6O3/c1-3-7-22-12-13(21(2)16(25)19-14(12)24)18-15(22)20-17-9-10-5-4-6-11(23)8-10/h4-6,8-9,23H,3,7H2,1-2H3,(H,18,20)(H,19,24,25)/b17-9-. The summed E-state index contributed by atoms with van der Waals surface area (Å²) < 4.78 is 2.97. The number of H-pyrrole nitrogens is 1. The maximum Gasteiger partial charge on any atom is 0.329 e. The molecule has 0 radical (unpaired) electrons. The molecule has 0 aliphatic heterocycles. The highest BCUT2D eigenvalue weighted by atomic mass is 16.3. The topological polar surface area (TPSA) is 117 Å². The van der Waals surface area contributed by atoms with Crippen LogP contribution in [0.3, 0.4) is 0 Å². The summed E-state index contributed by atoms with van der Waals surface area (Å²) in [6.45, 7) is 2.52. The molecular weight excluding hydrogens is 324 g/mol. The summed E-state index contributed by atoms with van der Waals surface area (Å²) in [7, 11) is 1.55. The Bertz CT molecular complexity index is 1060. The van der Waals surface area contributed by atoms with Gasteiger partial charge < -0.3 is 9.67 Å². The molecule has 0 bridgehead atoms. The number of imidazole rings is 1. The molecule has 2 heterocycles. The monoisotopic (exact) mass is 342 g/mol. The second kappa shape index (κ2) is 6.63. The number of fused-ring (bicyclic) bond motifs is 1. The Hall–Kier alpha value is -3.36. The summed E-state index contributed by atoms with van der Waals surface area (Å²) in [4.78, 5) is 30.5. The number of hydrazone groups is 1. The van der Waals surface area contributed by atoms with Crippen LogP contribution >= 0.6 is 0 Å². The molecule has 0 unspecified atom stereocenters. The first-order valence-corrected chi connectivity index (χ1v) is 7.79. The van der Waals surface area contributed by atoms with Gasteiger partial charge in [-0.15, -0.1) is 0 Å². The van der Waals surface area contributed by atoms with Crippen molar-refractivity contribution >= 4 is 23.3 Å². The molecule has 3 rings (SSSR count). The minimum Gasteiger partial charge on any atom is -0.508 e. The van der Waals surface area contributed by atoms with Crippen molar-refractivity contribution in [2.45, 2.75) is 19.9 Å². The summed E-state index contributed by atoms with van der Waals surface area (Å²) in [5, 5.41) is 13.6. The number of hydrogen-bond acceptors (Lipinski definition) is 6. The zero-order valence-corrected chi connectivity index (χ0v) is 13.9. The van der Waals surface area contributed by atoms with Crippen molar-refractivity contribution in [3.8, 4) is 5.75 Å². The predicted octanol–water partition coefficient (Wildman–Crippen LogP) is 0.985. The Morgan fingerprint density at radius 1 is 1.40 bits per heavy atom. The lowest BCUT2D eigenvalue weighted by molar-refractivity contribution is 0.475. The summed E-state index contributed by atoms with van der Waals surface area (Å²) in [5.74, 6) is 0.503. The molecule has 0 fully saturated rings. The number of benzene rings is 1. The number of aromatic hydroxyl groups is 1. The maximum absolute atomic E-state index is 12.2. The van der Waals surface area contributed by atoms with Crippen LogP contribution in [0, 0.1) is 0 Å². The number of phenols is 1.